The highest BCUT2D eigenvalue weighted by molar-refractivity contribution is 6.36. The first-order valence-electron chi connectivity index (χ1n) is 9.58. The first-order chi connectivity index (χ1) is 14.0. The summed E-state index contributed by atoms with van der Waals surface area (Å²) in [4.78, 5) is 20.9. The van der Waals surface area contributed by atoms with Crippen LogP contribution in [0.5, 0.6) is 0 Å². The average Bonchev–Trinajstić information content (AvgIpc) is 3.36. The minimum absolute atomic E-state index is 0.0490. The third kappa shape index (κ3) is 4.69. The maximum atomic E-state index is 12.6. The monoisotopic (exact) mass is 433 g/mol. The van der Waals surface area contributed by atoms with E-state index in [2.05, 4.69) is 27.3 Å². The Morgan fingerprint density at radius 1 is 1.31 bits per heavy atom. The topological polar surface area (TPSA) is 81.9 Å². The van der Waals surface area contributed by atoms with Crippen LogP contribution in [0.3, 0.4) is 0 Å². The number of ether oxygens (including phenoxy) is 1. The summed E-state index contributed by atoms with van der Waals surface area (Å²) in [5.41, 5.74) is 1.08. The van der Waals surface area contributed by atoms with Gasteiger partial charge in [0.25, 0.3) is 0 Å². The molecule has 0 aromatic carbocycles. The zero-order chi connectivity index (χ0) is 20.4. The van der Waals surface area contributed by atoms with Crippen LogP contribution < -0.4 is 5.32 Å². The summed E-state index contributed by atoms with van der Waals surface area (Å²) >= 11 is 12.0. The fraction of sp³-hybridized carbons (Fsp3) is 0.400. The van der Waals surface area contributed by atoms with Crippen LogP contribution in [0.25, 0.3) is 10.8 Å². The zero-order valence-corrected chi connectivity index (χ0v) is 17.5. The summed E-state index contributed by atoms with van der Waals surface area (Å²) in [5.74, 6) is 0.530. The SMILES string of the molecule is CCCOCCn1cc([C@H]2C[C@@H]2C(=O)Nc2cc3cc(Cl)nc(Cl)c3cn2)cn1. The zero-order valence-electron chi connectivity index (χ0n) is 15.9. The number of pyridine rings is 2. The lowest BCUT2D eigenvalue weighted by molar-refractivity contribution is -0.117. The molecule has 0 radical (unpaired) electrons. The Labute approximate surface area is 178 Å². The number of hydrogen-bond donors (Lipinski definition) is 1. The van der Waals surface area contributed by atoms with E-state index in [9.17, 15) is 4.79 Å². The number of amides is 1. The number of carbonyl (C=O) groups is 1. The molecule has 3 heterocycles. The molecule has 0 aliphatic heterocycles. The Bertz CT molecular complexity index is 1040. The molecular weight excluding hydrogens is 413 g/mol. The van der Waals surface area contributed by atoms with Crippen LogP contribution in [0.2, 0.25) is 10.3 Å². The van der Waals surface area contributed by atoms with Crippen molar-refractivity contribution in [3.8, 4) is 0 Å². The molecule has 0 saturated heterocycles. The van der Waals surface area contributed by atoms with Gasteiger partial charge in [0, 0.05) is 30.3 Å². The molecule has 1 amide bonds. The van der Waals surface area contributed by atoms with Crippen LogP contribution in [0.1, 0.15) is 31.2 Å². The molecule has 0 spiro atoms. The molecule has 3 aromatic rings. The Hall–Kier alpha value is -2.22. The van der Waals surface area contributed by atoms with E-state index in [1.54, 1.807) is 18.3 Å². The quantitative estimate of drug-likeness (QED) is 0.422. The van der Waals surface area contributed by atoms with Gasteiger partial charge in [-0.2, -0.15) is 5.10 Å². The van der Waals surface area contributed by atoms with E-state index in [0.29, 0.717) is 29.5 Å². The highest BCUT2D eigenvalue weighted by atomic mass is 35.5. The Kier molecular flexibility index (Phi) is 5.99. The average molecular weight is 434 g/mol. The van der Waals surface area contributed by atoms with Gasteiger partial charge in [-0.05, 0) is 41.8 Å². The van der Waals surface area contributed by atoms with E-state index in [1.165, 1.54) is 0 Å². The minimum atomic E-state index is -0.0777. The van der Waals surface area contributed by atoms with Gasteiger partial charge in [-0.1, -0.05) is 30.1 Å². The van der Waals surface area contributed by atoms with Crippen LogP contribution in [0.4, 0.5) is 5.82 Å². The molecule has 1 saturated carbocycles. The number of fused-ring (bicyclic) bond motifs is 1. The Morgan fingerprint density at radius 2 is 2.17 bits per heavy atom. The molecule has 3 aromatic heterocycles. The first-order valence-corrected chi connectivity index (χ1v) is 10.3. The van der Waals surface area contributed by atoms with Gasteiger partial charge in [0.05, 0.1) is 19.3 Å². The summed E-state index contributed by atoms with van der Waals surface area (Å²) in [7, 11) is 0. The number of hydrogen-bond acceptors (Lipinski definition) is 5. The lowest BCUT2D eigenvalue weighted by atomic mass is 10.2. The molecule has 4 rings (SSSR count). The van der Waals surface area contributed by atoms with Crippen molar-refractivity contribution in [3.63, 3.8) is 0 Å². The van der Waals surface area contributed by atoms with Gasteiger partial charge in [0.15, 0.2) is 0 Å². The molecule has 1 aliphatic rings. The molecule has 152 valence electrons. The number of rotatable bonds is 8. The number of halogens is 2. The Balaban J connectivity index is 1.36. The van der Waals surface area contributed by atoms with Crippen molar-refractivity contribution in [1.29, 1.82) is 0 Å². The van der Waals surface area contributed by atoms with Crippen LogP contribution >= 0.6 is 23.2 Å². The van der Waals surface area contributed by atoms with Crippen molar-refractivity contribution in [3.05, 3.63) is 46.6 Å². The normalized spacial score (nSPS) is 18.2. The number of nitrogens with zero attached hydrogens (tertiary/aromatic N) is 4. The van der Waals surface area contributed by atoms with Crippen LogP contribution in [-0.4, -0.2) is 38.9 Å². The summed E-state index contributed by atoms with van der Waals surface area (Å²) < 4.78 is 7.36. The van der Waals surface area contributed by atoms with E-state index >= 15 is 0 Å². The molecule has 2 atom stereocenters. The molecule has 1 fully saturated rings. The van der Waals surface area contributed by atoms with Gasteiger partial charge < -0.3 is 10.1 Å². The second-order valence-corrected chi connectivity index (χ2v) is 7.86. The van der Waals surface area contributed by atoms with Gasteiger partial charge in [-0.25, -0.2) is 9.97 Å². The first kappa shape index (κ1) is 20.1. The fourth-order valence-electron chi connectivity index (χ4n) is 3.32. The molecule has 0 unspecified atom stereocenters. The lowest BCUT2D eigenvalue weighted by Crippen LogP contribution is -2.15. The van der Waals surface area contributed by atoms with Gasteiger partial charge >= 0.3 is 0 Å². The van der Waals surface area contributed by atoms with Crippen molar-refractivity contribution in [2.75, 3.05) is 18.5 Å². The summed E-state index contributed by atoms with van der Waals surface area (Å²) in [5, 5.41) is 9.30. The fourth-order valence-corrected chi connectivity index (χ4v) is 3.81. The molecule has 1 N–H and O–H groups in total. The number of aromatic nitrogens is 4. The predicted molar refractivity (Wildman–Crippen MR) is 112 cm³/mol. The molecule has 1 aliphatic carbocycles. The molecule has 9 heteroatoms. The molecular formula is C20H21Cl2N5O2. The van der Waals surface area contributed by atoms with Gasteiger partial charge in [-0.3, -0.25) is 9.48 Å². The highest BCUT2D eigenvalue weighted by Gasteiger charge is 2.44. The molecule has 29 heavy (non-hydrogen) atoms. The molecule has 7 nitrogen and oxygen atoms in total. The van der Waals surface area contributed by atoms with Gasteiger partial charge in [0.2, 0.25) is 5.91 Å². The van der Waals surface area contributed by atoms with Crippen molar-refractivity contribution in [1.82, 2.24) is 19.7 Å². The van der Waals surface area contributed by atoms with Crippen LogP contribution in [-0.2, 0) is 16.1 Å². The predicted octanol–water partition coefficient (Wildman–Crippen LogP) is 4.30. The Morgan fingerprint density at radius 3 is 3.00 bits per heavy atom. The van der Waals surface area contributed by atoms with E-state index in [1.807, 2.05) is 17.1 Å². The smallest absolute Gasteiger partial charge is 0.229 e. The number of carbonyl (C=O) groups excluding carboxylic acids is 1. The third-order valence-electron chi connectivity index (χ3n) is 4.91. The van der Waals surface area contributed by atoms with Crippen LogP contribution in [0, 0.1) is 5.92 Å². The largest absolute Gasteiger partial charge is 0.380 e. The van der Waals surface area contributed by atoms with Crippen molar-refractivity contribution in [2.45, 2.75) is 32.2 Å². The van der Waals surface area contributed by atoms with E-state index < -0.39 is 0 Å². The third-order valence-corrected chi connectivity index (χ3v) is 5.39. The van der Waals surface area contributed by atoms with Gasteiger partial charge in [-0.15, -0.1) is 0 Å². The highest BCUT2D eigenvalue weighted by Crippen LogP contribution is 2.47. The van der Waals surface area contributed by atoms with E-state index in [-0.39, 0.29) is 22.9 Å². The second kappa shape index (κ2) is 8.65. The summed E-state index contributed by atoms with van der Waals surface area (Å²) in [6.07, 6.45) is 7.23. The van der Waals surface area contributed by atoms with Gasteiger partial charge in [0.1, 0.15) is 16.1 Å². The number of anilines is 1. The maximum absolute atomic E-state index is 12.6. The standard InChI is InChI=1S/C20H21Cl2N5O2/c1-2-4-29-5-3-27-11-13(9-24-27)14-8-15(14)20(28)26-18-7-12-6-17(21)25-19(22)16(12)10-23-18/h6-7,9-11,14-15H,2-5,8H2,1H3,(H,23,26,28)/t14-,15+/m1/s1. The minimum Gasteiger partial charge on any atom is -0.380 e. The molecule has 0 bridgehead atoms. The number of nitrogens with one attached hydrogen (secondary N) is 1. The van der Waals surface area contributed by atoms with Crippen LogP contribution in [0.15, 0.2) is 30.7 Å². The maximum Gasteiger partial charge on any atom is 0.229 e. The van der Waals surface area contributed by atoms with Crippen molar-refractivity contribution in [2.24, 2.45) is 5.92 Å². The summed E-state index contributed by atoms with van der Waals surface area (Å²) in [6.45, 7) is 4.20. The summed E-state index contributed by atoms with van der Waals surface area (Å²) in [6, 6.07) is 3.44. The van der Waals surface area contributed by atoms with Crippen molar-refractivity contribution >= 4 is 45.7 Å². The van der Waals surface area contributed by atoms with Crippen molar-refractivity contribution < 1.29 is 9.53 Å². The van der Waals surface area contributed by atoms with E-state index in [0.717, 1.165) is 30.4 Å². The second-order valence-electron chi connectivity index (χ2n) is 7.11. The van der Waals surface area contributed by atoms with E-state index in [4.69, 9.17) is 27.9 Å². The lowest BCUT2D eigenvalue weighted by Gasteiger charge is -2.06.